The average Bonchev–Trinajstić information content (AvgIpc) is 4.18. The second-order valence-electron chi connectivity index (χ2n) is 20.3. The number of fused-ring (bicyclic) bond motifs is 15. The van der Waals surface area contributed by atoms with E-state index in [2.05, 4.69) is 278 Å². The van der Waals surface area contributed by atoms with Gasteiger partial charge in [-0.25, -0.2) is 0 Å². The van der Waals surface area contributed by atoms with Gasteiger partial charge in [-0.3, -0.25) is 0 Å². The Morgan fingerprint density at radius 1 is 0.351 bits per heavy atom. The molecule has 0 N–H and O–H groups in total. The third-order valence-corrected chi connectivity index (χ3v) is 17.2. The molecule has 0 saturated carbocycles. The van der Waals surface area contributed by atoms with Crippen molar-refractivity contribution in [3.8, 4) is 44.9 Å². The van der Waals surface area contributed by atoms with Gasteiger partial charge in [0.1, 0.15) is 11.5 Å². The van der Waals surface area contributed by atoms with Crippen LogP contribution in [-0.4, -0.2) is 0 Å². The predicted molar refractivity (Wildman–Crippen MR) is 309 cm³/mol. The molecular formula is C70H48N2OS. The zero-order chi connectivity index (χ0) is 49.1. The first kappa shape index (κ1) is 42.7. The maximum Gasteiger partial charge on any atom is 0.140 e. The molecule has 4 heteroatoms. The van der Waals surface area contributed by atoms with Gasteiger partial charge in [-0.2, -0.15) is 0 Å². The second-order valence-corrected chi connectivity index (χ2v) is 21.4. The van der Waals surface area contributed by atoms with E-state index < -0.39 is 5.41 Å². The molecule has 15 rings (SSSR count). The SMILES string of the molecule is CC1(C)c2ccccc2-c2c(-c3cc(N(c4ccccc4)c4cccc5sc6ccc(N(c7ccccc7)c7ccccc7)cc6c45)cc4c3Oc3ccccc3C43c4ccccc4-c4ccccc43)cccc21. The van der Waals surface area contributed by atoms with Crippen LogP contribution < -0.4 is 14.5 Å². The van der Waals surface area contributed by atoms with Gasteiger partial charge in [0.25, 0.3) is 0 Å². The number of hydrogen-bond donors (Lipinski definition) is 0. The first-order valence-electron chi connectivity index (χ1n) is 25.6. The molecule has 1 spiro atoms. The Morgan fingerprint density at radius 3 is 1.57 bits per heavy atom. The van der Waals surface area contributed by atoms with E-state index in [1.807, 2.05) is 11.3 Å². The van der Waals surface area contributed by atoms with Gasteiger partial charge < -0.3 is 14.5 Å². The largest absolute Gasteiger partial charge is 0.456 e. The number of anilines is 6. The second kappa shape index (κ2) is 16.3. The molecule has 11 aromatic carbocycles. The van der Waals surface area contributed by atoms with Crippen molar-refractivity contribution in [1.82, 2.24) is 0 Å². The highest BCUT2D eigenvalue weighted by atomic mass is 32.1. The van der Waals surface area contributed by atoms with E-state index >= 15 is 0 Å². The molecule has 0 fully saturated rings. The summed E-state index contributed by atoms with van der Waals surface area (Å²) in [5, 5.41) is 2.42. The monoisotopic (exact) mass is 964 g/mol. The van der Waals surface area contributed by atoms with Gasteiger partial charge >= 0.3 is 0 Å². The Kier molecular flexibility index (Phi) is 9.39. The molecule has 1 aliphatic heterocycles. The van der Waals surface area contributed by atoms with Crippen LogP contribution in [0.4, 0.5) is 34.1 Å². The zero-order valence-electron chi connectivity index (χ0n) is 41.0. The number of para-hydroxylation sites is 4. The number of hydrogen-bond acceptors (Lipinski definition) is 4. The van der Waals surface area contributed by atoms with Gasteiger partial charge in [-0.05, 0) is 135 Å². The van der Waals surface area contributed by atoms with E-state index in [9.17, 15) is 0 Å². The molecule has 0 radical (unpaired) electrons. The van der Waals surface area contributed by atoms with Crippen LogP contribution in [0.3, 0.4) is 0 Å². The Bertz CT molecular complexity index is 4130. The summed E-state index contributed by atoms with van der Waals surface area (Å²) in [4.78, 5) is 4.88. The molecule has 3 nitrogen and oxygen atoms in total. The lowest BCUT2D eigenvalue weighted by Gasteiger charge is -2.41. The van der Waals surface area contributed by atoms with Crippen LogP contribution in [0.1, 0.15) is 47.2 Å². The van der Waals surface area contributed by atoms with Crippen molar-refractivity contribution in [2.45, 2.75) is 24.7 Å². The van der Waals surface area contributed by atoms with Gasteiger partial charge in [0.05, 0.1) is 11.1 Å². The van der Waals surface area contributed by atoms with Gasteiger partial charge in [-0.1, -0.05) is 184 Å². The minimum atomic E-state index is -0.700. The molecule has 0 saturated heterocycles. The molecule has 0 bridgehead atoms. The first-order chi connectivity index (χ1) is 36.5. The van der Waals surface area contributed by atoms with E-state index in [-0.39, 0.29) is 5.41 Å². The molecule has 74 heavy (non-hydrogen) atoms. The fraction of sp³-hybridized carbons (Fsp3) is 0.0571. The predicted octanol–water partition coefficient (Wildman–Crippen LogP) is 19.4. The lowest BCUT2D eigenvalue weighted by molar-refractivity contribution is 0.438. The molecule has 2 aliphatic carbocycles. The molecule has 1 aromatic heterocycles. The minimum absolute atomic E-state index is 0.196. The fourth-order valence-electron chi connectivity index (χ4n) is 13.0. The third-order valence-electron chi connectivity index (χ3n) is 16.1. The molecular weight excluding hydrogens is 917 g/mol. The molecule has 0 amide bonds. The molecule has 3 aliphatic rings. The summed E-state index contributed by atoms with van der Waals surface area (Å²) in [5.74, 6) is 1.76. The van der Waals surface area contributed by atoms with Crippen molar-refractivity contribution < 1.29 is 4.74 Å². The normalized spacial score (nSPS) is 13.9. The lowest BCUT2D eigenvalue weighted by Crippen LogP contribution is -2.32. The maximum absolute atomic E-state index is 7.53. The Morgan fingerprint density at radius 2 is 0.892 bits per heavy atom. The van der Waals surface area contributed by atoms with Crippen LogP contribution >= 0.6 is 11.3 Å². The third kappa shape index (κ3) is 6.06. The van der Waals surface area contributed by atoms with Crippen molar-refractivity contribution >= 4 is 65.6 Å². The number of rotatable bonds is 7. The Balaban J connectivity index is 1.06. The van der Waals surface area contributed by atoms with Gasteiger partial charge in [0, 0.05) is 70.7 Å². The van der Waals surface area contributed by atoms with Crippen molar-refractivity contribution in [2.24, 2.45) is 0 Å². The van der Waals surface area contributed by atoms with Crippen molar-refractivity contribution in [1.29, 1.82) is 0 Å². The number of thiophene rings is 1. The van der Waals surface area contributed by atoms with E-state index in [1.165, 1.54) is 64.7 Å². The zero-order valence-corrected chi connectivity index (χ0v) is 41.8. The van der Waals surface area contributed by atoms with E-state index in [1.54, 1.807) is 0 Å². The van der Waals surface area contributed by atoms with Crippen LogP contribution in [-0.2, 0) is 10.8 Å². The van der Waals surface area contributed by atoms with Gasteiger partial charge in [0.2, 0.25) is 0 Å². The maximum atomic E-state index is 7.53. The van der Waals surface area contributed by atoms with Crippen LogP contribution in [0.25, 0.3) is 53.6 Å². The summed E-state index contributed by atoms with van der Waals surface area (Å²) in [6.45, 7) is 4.74. The first-order valence-corrected chi connectivity index (χ1v) is 26.4. The minimum Gasteiger partial charge on any atom is -0.456 e. The highest BCUT2D eigenvalue weighted by Crippen LogP contribution is 2.65. The molecule has 0 unspecified atom stereocenters. The number of benzene rings is 11. The summed E-state index contributed by atoms with van der Waals surface area (Å²) in [7, 11) is 0. The smallest absolute Gasteiger partial charge is 0.140 e. The van der Waals surface area contributed by atoms with Crippen molar-refractivity contribution in [2.75, 3.05) is 9.80 Å². The average molecular weight is 965 g/mol. The summed E-state index contributed by atoms with van der Waals surface area (Å²) in [6, 6.07) is 93.8. The highest BCUT2D eigenvalue weighted by Gasteiger charge is 2.52. The van der Waals surface area contributed by atoms with Gasteiger partial charge in [0.15, 0.2) is 0 Å². The molecule has 0 atom stereocenters. The standard InChI is InChI=1S/C70H48N2OS/c1-69(2)56-32-15-14-30-53(56)66-52(31-20-36-60(66)69)54-43-49(44-61-68(54)73-63-38-19-18-35-59(63)70(61)57-33-16-12-28-50(57)51-29-13-17-34-58(51)70)72(47-26-10-5-11-27-47)62-37-21-39-65-67(62)55-42-48(40-41-64(55)74-65)71(45-22-6-3-7-23-45)46-24-8-4-9-25-46/h3-44H,1-2H3. The highest BCUT2D eigenvalue weighted by molar-refractivity contribution is 7.26. The number of nitrogens with zero attached hydrogens (tertiary/aromatic N) is 2. The summed E-state index contributed by atoms with van der Waals surface area (Å²) >= 11 is 1.85. The van der Waals surface area contributed by atoms with E-state index in [0.29, 0.717) is 0 Å². The summed E-state index contributed by atoms with van der Waals surface area (Å²) in [6.07, 6.45) is 0. The Hall–Kier alpha value is -8.96. The topological polar surface area (TPSA) is 15.7 Å². The van der Waals surface area contributed by atoms with Crippen LogP contribution in [0.2, 0.25) is 0 Å². The van der Waals surface area contributed by atoms with Crippen LogP contribution in [0.5, 0.6) is 11.5 Å². The summed E-state index contributed by atoms with van der Waals surface area (Å²) < 4.78 is 9.99. The quantitative estimate of drug-likeness (QED) is 0.158. The van der Waals surface area contributed by atoms with Gasteiger partial charge in [-0.15, -0.1) is 11.3 Å². The number of ether oxygens (including phenoxy) is 1. The van der Waals surface area contributed by atoms with Crippen molar-refractivity contribution in [3.63, 3.8) is 0 Å². The van der Waals surface area contributed by atoms with E-state index in [0.717, 1.165) is 67.9 Å². The van der Waals surface area contributed by atoms with Crippen LogP contribution in [0, 0.1) is 0 Å². The fourth-order valence-corrected chi connectivity index (χ4v) is 14.1. The van der Waals surface area contributed by atoms with E-state index in [4.69, 9.17) is 4.74 Å². The molecule has 350 valence electrons. The van der Waals surface area contributed by atoms with Crippen molar-refractivity contribution in [3.05, 3.63) is 288 Å². The van der Waals surface area contributed by atoms with Crippen LogP contribution in [0.15, 0.2) is 255 Å². The lowest BCUT2D eigenvalue weighted by atomic mass is 9.65. The Labute approximate surface area is 435 Å². The molecule has 2 heterocycles. The molecule has 12 aromatic rings. The summed E-state index contributed by atoms with van der Waals surface area (Å²) in [5.41, 5.74) is 20.4.